The van der Waals surface area contributed by atoms with Crippen molar-refractivity contribution in [3.8, 4) is 17.2 Å². The van der Waals surface area contributed by atoms with Gasteiger partial charge in [-0.25, -0.2) is 0 Å². The third kappa shape index (κ3) is 3.85. The molecule has 0 bridgehead atoms. The van der Waals surface area contributed by atoms with E-state index >= 15 is 0 Å². The summed E-state index contributed by atoms with van der Waals surface area (Å²) in [6, 6.07) is 14.5. The van der Waals surface area contributed by atoms with Crippen molar-refractivity contribution >= 4 is 23.2 Å². The van der Waals surface area contributed by atoms with Crippen LogP contribution in [0.5, 0.6) is 5.75 Å². The fourth-order valence-corrected chi connectivity index (χ4v) is 2.78. The normalized spacial score (nSPS) is 15.3. The average molecular weight is 378 g/mol. The minimum absolute atomic E-state index is 0.188. The molecule has 3 aromatic rings. The minimum atomic E-state index is -0.539. The molecule has 4 rings (SSSR count). The number of aryl methyl sites for hydroxylation is 1. The van der Waals surface area contributed by atoms with Gasteiger partial charge in [0, 0.05) is 24.1 Å². The second kappa shape index (κ2) is 7.51. The van der Waals surface area contributed by atoms with Gasteiger partial charge < -0.3 is 19.8 Å². The Morgan fingerprint density at radius 3 is 2.82 bits per heavy atom. The number of hydrogen-bond acceptors (Lipinski definition) is 6. The molecule has 0 radical (unpaired) electrons. The molecule has 142 valence electrons. The summed E-state index contributed by atoms with van der Waals surface area (Å²) in [4.78, 5) is 23.9. The highest BCUT2D eigenvalue weighted by Gasteiger charge is 2.23. The van der Waals surface area contributed by atoms with Gasteiger partial charge in [0.1, 0.15) is 5.75 Å². The maximum atomic E-state index is 12.2. The summed E-state index contributed by atoms with van der Waals surface area (Å²) in [5, 5.41) is 13.5. The molecule has 0 aliphatic carbocycles. The maximum absolute atomic E-state index is 12.2. The smallest absolute Gasteiger partial charge is 0.265 e. The molecule has 2 amide bonds. The molecule has 0 fully saturated rings. The summed E-state index contributed by atoms with van der Waals surface area (Å²) in [6.45, 7) is 1.68. The number of nitrogens with zero attached hydrogens (tertiary/aromatic N) is 2. The number of anilines is 2. The van der Waals surface area contributed by atoms with E-state index in [2.05, 4.69) is 20.8 Å². The zero-order valence-electron chi connectivity index (χ0n) is 15.1. The minimum Gasteiger partial charge on any atom is -0.479 e. The summed E-state index contributed by atoms with van der Waals surface area (Å²) >= 11 is 0. The van der Waals surface area contributed by atoms with Crippen molar-refractivity contribution in [2.24, 2.45) is 0 Å². The second-order valence-electron chi connectivity index (χ2n) is 6.38. The van der Waals surface area contributed by atoms with Crippen molar-refractivity contribution in [1.82, 2.24) is 10.2 Å². The second-order valence-corrected chi connectivity index (χ2v) is 6.38. The van der Waals surface area contributed by atoms with Gasteiger partial charge in [-0.1, -0.05) is 18.2 Å². The fraction of sp³-hybridized carbons (Fsp3) is 0.200. The van der Waals surface area contributed by atoms with E-state index in [4.69, 9.17) is 9.15 Å². The molecule has 0 saturated carbocycles. The molecule has 1 aliphatic heterocycles. The Labute approximate surface area is 160 Å². The maximum Gasteiger partial charge on any atom is 0.265 e. The van der Waals surface area contributed by atoms with Crippen molar-refractivity contribution < 1.29 is 18.7 Å². The van der Waals surface area contributed by atoms with Crippen molar-refractivity contribution in [2.75, 3.05) is 10.6 Å². The highest BCUT2D eigenvalue weighted by molar-refractivity contribution is 5.99. The van der Waals surface area contributed by atoms with Crippen LogP contribution in [0.3, 0.4) is 0 Å². The van der Waals surface area contributed by atoms with Crippen LogP contribution in [0.15, 0.2) is 52.9 Å². The Morgan fingerprint density at radius 2 is 2.00 bits per heavy atom. The summed E-state index contributed by atoms with van der Waals surface area (Å²) in [6.07, 6.45) is -0.0235. The van der Waals surface area contributed by atoms with E-state index < -0.39 is 6.10 Å². The third-order valence-electron chi connectivity index (χ3n) is 4.25. The number of carbonyl (C=O) groups excluding carboxylic acids is 2. The monoisotopic (exact) mass is 378 g/mol. The average Bonchev–Trinajstić information content (AvgIpc) is 3.17. The van der Waals surface area contributed by atoms with Gasteiger partial charge in [0.25, 0.3) is 5.91 Å². The standard InChI is InChI=1S/C20H18N4O4/c1-12-19(26)22-15-11-14(7-8-16(15)27-12)21-17(25)9-10-18-23-24-20(28-18)13-5-3-2-4-6-13/h2-8,11-12H,9-10H2,1H3,(H,21,25)(H,22,26)/t12-/m1/s1. The zero-order chi connectivity index (χ0) is 19.5. The molecule has 1 atom stereocenters. The largest absolute Gasteiger partial charge is 0.479 e. The van der Waals surface area contributed by atoms with E-state index in [1.165, 1.54) is 0 Å². The van der Waals surface area contributed by atoms with Gasteiger partial charge in [0.15, 0.2) is 6.10 Å². The zero-order valence-corrected chi connectivity index (χ0v) is 15.1. The van der Waals surface area contributed by atoms with Crippen molar-refractivity contribution in [3.05, 3.63) is 54.4 Å². The Hall–Kier alpha value is -3.68. The first-order chi connectivity index (χ1) is 13.6. The van der Waals surface area contributed by atoms with Gasteiger partial charge in [-0.2, -0.15) is 0 Å². The van der Waals surface area contributed by atoms with Crippen molar-refractivity contribution in [3.63, 3.8) is 0 Å². The Morgan fingerprint density at radius 1 is 1.18 bits per heavy atom. The first-order valence-electron chi connectivity index (χ1n) is 8.88. The Bertz CT molecular complexity index is 1020. The predicted molar refractivity (Wildman–Crippen MR) is 102 cm³/mol. The number of rotatable bonds is 5. The van der Waals surface area contributed by atoms with Gasteiger partial charge in [-0.3, -0.25) is 9.59 Å². The highest BCUT2D eigenvalue weighted by Crippen LogP contribution is 2.32. The number of carbonyl (C=O) groups is 2. The molecule has 0 spiro atoms. The molecule has 0 unspecified atom stereocenters. The lowest BCUT2D eigenvalue weighted by atomic mass is 10.2. The molecule has 1 aromatic heterocycles. The number of amides is 2. The van der Waals surface area contributed by atoms with E-state index in [9.17, 15) is 9.59 Å². The van der Waals surface area contributed by atoms with Crippen LogP contribution in [0, 0.1) is 0 Å². The van der Waals surface area contributed by atoms with Gasteiger partial charge >= 0.3 is 0 Å². The first-order valence-corrected chi connectivity index (χ1v) is 8.88. The van der Waals surface area contributed by atoms with Crippen LogP contribution in [0.2, 0.25) is 0 Å². The fourth-order valence-electron chi connectivity index (χ4n) is 2.78. The van der Waals surface area contributed by atoms with E-state index in [0.29, 0.717) is 35.3 Å². The first kappa shape index (κ1) is 17.7. The molecule has 8 nitrogen and oxygen atoms in total. The molecule has 2 heterocycles. The van der Waals surface area contributed by atoms with Gasteiger partial charge in [0.05, 0.1) is 5.69 Å². The molecule has 2 aromatic carbocycles. The van der Waals surface area contributed by atoms with E-state index in [1.54, 1.807) is 25.1 Å². The van der Waals surface area contributed by atoms with E-state index in [0.717, 1.165) is 5.56 Å². The Kier molecular flexibility index (Phi) is 4.76. The van der Waals surface area contributed by atoms with Gasteiger partial charge in [-0.15, -0.1) is 10.2 Å². The highest BCUT2D eigenvalue weighted by atomic mass is 16.5. The van der Waals surface area contributed by atoms with Crippen molar-refractivity contribution in [1.29, 1.82) is 0 Å². The number of nitrogens with one attached hydrogen (secondary N) is 2. The van der Waals surface area contributed by atoms with Crippen LogP contribution < -0.4 is 15.4 Å². The molecule has 1 aliphatic rings. The third-order valence-corrected chi connectivity index (χ3v) is 4.25. The van der Waals surface area contributed by atoms with Crippen LogP contribution in [-0.2, 0) is 16.0 Å². The quantitative estimate of drug-likeness (QED) is 0.707. The van der Waals surface area contributed by atoms with Crippen LogP contribution in [0.4, 0.5) is 11.4 Å². The lowest BCUT2D eigenvalue weighted by Crippen LogP contribution is -2.34. The molecular weight excluding hydrogens is 360 g/mol. The predicted octanol–water partition coefficient (Wildman–Crippen LogP) is 3.03. The van der Waals surface area contributed by atoms with E-state index in [-0.39, 0.29) is 18.2 Å². The number of hydrogen-bond donors (Lipinski definition) is 2. The molecule has 8 heteroatoms. The van der Waals surface area contributed by atoms with Crippen LogP contribution in [0.1, 0.15) is 19.2 Å². The summed E-state index contributed by atoms with van der Waals surface area (Å²) in [5.41, 5.74) is 1.93. The SMILES string of the molecule is C[C@H]1Oc2ccc(NC(=O)CCc3nnc(-c4ccccc4)o3)cc2NC1=O. The van der Waals surface area contributed by atoms with Crippen molar-refractivity contribution in [2.45, 2.75) is 25.9 Å². The van der Waals surface area contributed by atoms with E-state index in [1.807, 2.05) is 30.3 Å². The summed E-state index contributed by atoms with van der Waals surface area (Å²) in [5.74, 6) is 0.978. The molecule has 0 saturated heterocycles. The Balaban J connectivity index is 1.35. The van der Waals surface area contributed by atoms with Gasteiger partial charge in [-0.05, 0) is 37.3 Å². The molecule has 2 N–H and O–H groups in total. The van der Waals surface area contributed by atoms with Crippen LogP contribution in [-0.4, -0.2) is 28.1 Å². The number of benzene rings is 2. The summed E-state index contributed by atoms with van der Waals surface area (Å²) in [7, 11) is 0. The number of fused-ring (bicyclic) bond motifs is 1. The van der Waals surface area contributed by atoms with Crippen LogP contribution in [0.25, 0.3) is 11.5 Å². The number of aromatic nitrogens is 2. The van der Waals surface area contributed by atoms with Gasteiger partial charge in [0.2, 0.25) is 17.7 Å². The van der Waals surface area contributed by atoms with Crippen LogP contribution >= 0.6 is 0 Å². The molecular formula is C20H18N4O4. The lowest BCUT2D eigenvalue weighted by Gasteiger charge is -2.23. The number of ether oxygens (including phenoxy) is 1. The lowest BCUT2D eigenvalue weighted by molar-refractivity contribution is -0.122. The topological polar surface area (TPSA) is 106 Å². The molecule has 28 heavy (non-hydrogen) atoms. The summed E-state index contributed by atoms with van der Waals surface area (Å²) < 4.78 is 11.1.